The van der Waals surface area contributed by atoms with Crippen LogP contribution in [0, 0.1) is 11.3 Å². The van der Waals surface area contributed by atoms with Crippen LogP contribution in [0.15, 0.2) is 59.8 Å². The number of ether oxygens (including phenoxy) is 1. The van der Waals surface area contributed by atoms with Crippen LogP contribution in [0.2, 0.25) is 0 Å². The minimum absolute atomic E-state index is 0.266. The van der Waals surface area contributed by atoms with Gasteiger partial charge in [0.2, 0.25) is 5.88 Å². The van der Waals surface area contributed by atoms with Gasteiger partial charge in [-0.25, -0.2) is 4.98 Å². The van der Waals surface area contributed by atoms with E-state index in [9.17, 15) is 0 Å². The molecule has 0 saturated carbocycles. The van der Waals surface area contributed by atoms with Gasteiger partial charge in [-0.1, -0.05) is 69.8 Å². The second kappa shape index (κ2) is 9.58. The van der Waals surface area contributed by atoms with E-state index >= 15 is 0 Å². The van der Waals surface area contributed by atoms with Gasteiger partial charge in [-0.3, -0.25) is 0 Å². The third-order valence-electron chi connectivity index (χ3n) is 4.47. The Balaban J connectivity index is 1.85. The second-order valence-corrected chi connectivity index (χ2v) is 8.41. The molecule has 0 aliphatic rings. The monoisotopic (exact) mass is 403 g/mol. The highest BCUT2D eigenvalue weighted by Gasteiger charge is 2.13. The van der Waals surface area contributed by atoms with E-state index in [2.05, 4.69) is 44.8 Å². The first kappa shape index (κ1) is 20.9. The predicted molar refractivity (Wildman–Crippen MR) is 117 cm³/mol. The maximum absolute atomic E-state index is 9.08. The Bertz CT molecular complexity index is 1020. The zero-order chi connectivity index (χ0) is 20.8. The summed E-state index contributed by atoms with van der Waals surface area (Å²) in [6, 6.07) is 19.8. The number of aromatic nitrogens is 2. The summed E-state index contributed by atoms with van der Waals surface area (Å²) in [7, 11) is 0. The lowest BCUT2D eigenvalue weighted by molar-refractivity contribution is 0.445. The number of thioether (sulfide) groups is 1. The minimum Gasteiger partial charge on any atom is -0.439 e. The fraction of sp³-hybridized carbons (Fsp3) is 0.292. The molecule has 29 heavy (non-hydrogen) atoms. The molecule has 1 aromatic heterocycles. The molecule has 0 atom stereocenters. The van der Waals surface area contributed by atoms with Crippen LogP contribution in [0.25, 0.3) is 0 Å². The summed E-state index contributed by atoms with van der Waals surface area (Å²) in [4.78, 5) is 9.33. The number of benzene rings is 2. The zero-order valence-electron chi connectivity index (χ0n) is 17.2. The summed E-state index contributed by atoms with van der Waals surface area (Å²) >= 11 is 1.55. The van der Waals surface area contributed by atoms with Crippen LogP contribution in [0.5, 0.6) is 11.6 Å². The number of hydrogen-bond donors (Lipinski definition) is 0. The highest BCUT2D eigenvalue weighted by Crippen LogP contribution is 2.32. The largest absolute Gasteiger partial charge is 0.439 e. The molecule has 0 unspecified atom stereocenters. The third kappa shape index (κ3) is 5.58. The molecule has 0 spiro atoms. The molecule has 0 fully saturated rings. The molecule has 3 aromatic rings. The van der Waals surface area contributed by atoms with Gasteiger partial charge in [0.25, 0.3) is 0 Å². The molecule has 2 aromatic carbocycles. The minimum atomic E-state index is 0.266. The molecule has 1 heterocycles. The summed E-state index contributed by atoms with van der Waals surface area (Å²) < 4.78 is 6.18. The van der Waals surface area contributed by atoms with Crippen LogP contribution in [-0.2, 0) is 5.75 Å². The van der Waals surface area contributed by atoms with Crippen molar-refractivity contribution >= 4 is 11.8 Å². The molecule has 0 aliphatic heterocycles. The summed E-state index contributed by atoms with van der Waals surface area (Å²) in [5.41, 5.74) is 3.83. The van der Waals surface area contributed by atoms with Gasteiger partial charge >= 0.3 is 0 Å². The topological polar surface area (TPSA) is 58.8 Å². The normalized spacial score (nSPS) is 10.9. The van der Waals surface area contributed by atoms with E-state index in [4.69, 9.17) is 15.0 Å². The highest BCUT2D eigenvalue weighted by molar-refractivity contribution is 7.98. The Morgan fingerprint density at radius 1 is 0.966 bits per heavy atom. The van der Waals surface area contributed by atoms with Crippen molar-refractivity contribution in [1.29, 1.82) is 5.26 Å². The first-order chi connectivity index (χ1) is 14.0. The Morgan fingerprint density at radius 2 is 1.76 bits per heavy atom. The fourth-order valence-electron chi connectivity index (χ4n) is 2.88. The van der Waals surface area contributed by atoms with Gasteiger partial charge in [-0.15, -0.1) is 0 Å². The Hall–Kier alpha value is -2.84. The lowest BCUT2D eigenvalue weighted by Gasteiger charge is -2.15. The SMILES string of the molecule is CC(C)c1cc(Oc2ccccc2C(C)C)nc(SCc2cccc(C#N)c2)n1. The van der Waals surface area contributed by atoms with Crippen LogP contribution in [0.1, 0.15) is 61.9 Å². The van der Waals surface area contributed by atoms with Crippen molar-refractivity contribution in [2.24, 2.45) is 0 Å². The molecule has 4 nitrogen and oxygen atoms in total. The summed E-state index contributed by atoms with van der Waals surface area (Å²) in [6.45, 7) is 8.52. The molecule has 3 rings (SSSR count). The first-order valence-corrected chi connectivity index (χ1v) is 10.7. The first-order valence-electron chi connectivity index (χ1n) is 9.74. The third-order valence-corrected chi connectivity index (χ3v) is 5.39. The number of hydrogen-bond acceptors (Lipinski definition) is 5. The molecular weight excluding hydrogens is 378 g/mol. The second-order valence-electron chi connectivity index (χ2n) is 7.46. The number of nitriles is 1. The van der Waals surface area contributed by atoms with Gasteiger partial charge < -0.3 is 4.74 Å². The van der Waals surface area contributed by atoms with Gasteiger partial charge in [0.1, 0.15) is 5.75 Å². The molecular formula is C24H25N3OS. The lowest BCUT2D eigenvalue weighted by Crippen LogP contribution is -2.01. The van der Waals surface area contributed by atoms with Gasteiger partial charge in [-0.2, -0.15) is 10.2 Å². The molecule has 0 bridgehead atoms. The summed E-state index contributed by atoms with van der Waals surface area (Å²) in [5, 5.41) is 9.76. The van der Waals surface area contributed by atoms with Crippen molar-refractivity contribution < 1.29 is 4.74 Å². The van der Waals surface area contributed by atoms with E-state index in [1.165, 1.54) is 0 Å². The predicted octanol–water partition coefficient (Wildman–Crippen LogP) is 6.68. The van der Waals surface area contributed by atoms with Crippen LogP contribution < -0.4 is 4.74 Å². The van der Waals surface area contributed by atoms with E-state index in [0.29, 0.717) is 28.3 Å². The van der Waals surface area contributed by atoms with E-state index in [-0.39, 0.29) is 5.92 Å². The van der Waals surface area contributed by atoms with E-state index < -0.39 is 0 Å². The zero-order valence-corrected chi connectivity index (χ0v) is 18.0. The molecule has 0 radical (unpaired) electrons. The van der Waals surface area contributed by atoms with Crippen molar-refractivity contribution in [2.75, 3.05) is 0 Å². The number of rotatable bonds is 7. The molecule has 0 amide bonds. The van der Waals surface area contributed by atoms with Gasteiger partial charge in [0, 0.05) is 11.8 Å². The Morgan fingerprint density at radius 3 is 2.48 bits per heavy atom. The summed E-state index contributed by atoms with van der Waals surface area (Å²) in [6.07, 6.45) is 0. The smallest absolute Gasteiger partial charge is 0.223 e. The molecule has 5 heteroatoms. The summed E-state index contributed by atoms with van der Waals surface area (Å²) in [5.74, 6) is 2.71. The maximum atomic E-state index is 9.08. The van der Waals surface area contributed by atoms with Crippen molar-refractivity contribution in [3.8, 4) is 17.7 Å². The Labute approximate surface area is 177 Å². The van der Waals surface area contributed by atoms with Crippen molar-refractivity contribution in [2.45, 2.75) is 50.4 Å². The number of nitrogens with zero attached hydrogens (tertiary/aromatic N) is 3. The van der Waals surface area contributed by atoms with E-state index in [0.717, 1.165) is 22.6 Å². The van der Waals surface area contributed by atoms with Crippen molar-refractivity contribution in [3.05, 3.63) is 77.0 Å². The number of para-hydroxylation sites is 1. The lowest BCUT2D eigenvalue weighted by atomic mass is 10.0. The van der Waals surface area contributed by atoms with E-state index in [1.54, 1.807) is 11.8 Å². The van der Waals surface area contributed by atoms with Crippen LogP contribution in [0.3, 0.4) is 0 Å². The van der Waals surface area contributed by atoms with Gasteiger partial charge in [-0.05, 0) is 41.2 Å². The average molecular weight is 404 g/mol. The maximum Gasteiger partial charge on any atom is 0.223 e. The quantitative estimate of drug-likeness (QED) is 0.325. The highest BCUT2D eigenvalue weighted by atomic mass is 32.2. The molecule has 0 aliphatic carbocycles. The molecule has 148 valence electrons. The standard InChI is InChI=1S/C24H25N3OS/c1-16(2)20-10-5-6-11-22(20)28-23-13-21(17(3)4)26-24(27-23)29-15-19-9-7-8-18(12-19)14-25/h5-13,16-17H,15H2,1-4H3. The van der Waals surface area contributed by atoms with Crippen molar-refractivity contribution in [3.63, 3.8) is 0 Å². The van der Waals surface area contributed by atoms with Crippen molar-refractivity contribution in [1.82, 2.24) is 9.97 Å². The van der Waals surface area contributed by atoms with Crippen LogP contribution in [-0.4, -0.2) is 9.97 Å². The van der Waals surface area contributed by atoms with Crippen LogP contribution >= 0.6 is 11.8 Å². The van der Waals surface area contributed by atoms with Gasteiger partial charge in [0.05, 0.1) is 17.3 Å². The molecule has 0 saturated heterocycles. The Kier molecular flexibility index (Phi) is 6.90. The van der Waals surface area contributed by atoms with Crippen LogP contribution in [0.4, 0.5) is 0 Å². The van der Waals surface area contributed by atoms with Gasteiger partial charge in [0.15, 0.2) is 5.16 Å². The average Bonchev–Trinajstić information content (AvgIpc) is 2.72. The fourth-order valence-corrected chi connectivity index (χ4v) is 3.67. The van der Waals surface area contributed by atoms with E-state index in [1.807, 2.05) is 48.5 Å². The molecule has 0 N–H and O–H groups in total.